The first-order valence-electron chi connectivity index (χ1n) is 10.5. The summed E-state index contributed by atoms with van der Waals surface area (Å²) in [6.45, 7) is 4.09. The summed E-state index contributed by atoms with van der Waals surface area (Å²) in [6.07, 6.45) is 4.91. The van der Waals surface area contributed by atoms with Crippen molar-refractivity contribution in [2.45, 2.75) is 57.2 Å². The van der Waals surface area contributed by atoms with E-state index in [-0.39, 0.29) is 17.8 Å². The predicted octanol–water partition coefficient (Wildman–Crippen LogP) is 5.09. The molecule has 3 nitrogen and oxygen atoms in total. The number of ether oxygens (including phenoxy) is 1. The van der Waals surface area contributed by atoms with E-state index in [0.717, 1.165) is 55.5 Å². The second-order valence-electron chi connectivity index (χ2n) is 8.22. The van der Waals surface area contributed by atoms with Gasteiger partial charge in [-0.1, -0.05) is 43.2 Å². The van der Waals surface area contributed by atoms with Crippen molar-refractivity contribution in [3.63, 3.8) is 0 Å². The minimum atomic E-state index is -0.610. The van der Waals surface area contributed by atoms with E-state index < -0.39 is 5.60 Å². The highest BCUT2D eigenvalue weighted by atomic mass is 19.1. The number of fused-ring (bicyclic) bond motifs is 1. The minimum Gasteiger partial charge on any atom is -0.494 e. The maximum Gasteiger partial charge on any atom is 0.124 e. The Morgan fingerprint density at radius 1 is 1.14 bits per heavy atom. The van der Waals surface area contributed by atoms with Crippen molar-refractivity contribution in [1.29, 1.82) is 0 Å². The van der Waals surface area contributed by atoms with Gasteiger partial charge in [0.25, 0.3) is 0 Å². The summed E-state index contributed by atoms with van der Waals surface area (Å²) in [6, 6.07) is 15.1. The van der Waals surface area contributed by atoms with E-state index in [1.54, 1.807) is 12.1 Å². The molecule has 0 bridgehead atoms. The third-order valence-corrected chi connectivity index (χ3v) is 6.48. The van der Waals surface area contributed by atoms with E-state index in [4.69, 9.17) is 4.74 Å². The fourth-order valence-electron chi connectivity index (χ4n) is 5.21. The summed E-state index contributed by atoms with van der Waals surface area (Å²) in [5.74, 6) is 0.870. The van der Waals surface area contributed by atoms with Crippen molar-refractivity contribution in [2.75, 3.05) is 13.2 Å². The number of nitrogens with zero attached hydrogens (tertiary/aromatic N) is 1. The Kier molecular flexibility index (Phi) is 5.70. The molecule has 2 aliphatic rings. The van der Waals surface area contributed by atoms with Crippen LogP contribution in [0.25, 0.3) is 0 Å². The molecule has 2 fully saturated rings. The minimum absolute atomic E-state index is 0.0741. The van der Waals surface area contributed by atoms with E-state index in [1.807, 2.05) is 25.1 Å². The lowest BCUT2D eigenvalue weighted by Crippen LogP contribution is -2.54. The van der Waals surface area contributed by atoms with Gasteiger partial charge >= 0.3 is 0 Å². The molecule has 3 atom stereocenters. The van der Waals surface area contributed by atoms with E-state index in [1.165, 1.54) is 6.07 Å². The van der Waals surface area contributed by atoms with Gasteiger partial charge in [0.1, 0.15) is 11.6 Å². The van der Waals surface area contributed by atoms with Gasteiger partial charge < -0.3 is 9.84 Å². The van der Waals surface area contributed by atoms with Crippen molar-refractivity contribution in [3.05, 3.63) is 65.5 Å². The monoisotopic (exact) mass is 383 g/mol. The molecule has 0 spiro atoms. The fourth-order valence-corrected chi connectivity index (χ4v) is 5.21. The van der Waals surface area contributed by atoms with Crippen LogP contribution in [0.4, 0.5) is 4.39 Å². The van der Waals surface area contributed by atoms with Gasteiger partial charge in [-0.25, -0.2) is 4.39 Å². The van der Waals surface area contributed by atoms with Crippen molar-refractivity contribution in [3.8, 4) is 5.75 Å². The normalized spacial score (nSPS) is 28.0. The molecule has 150 valence electrons. The molecule has 4 heteroatoms. The average molecular weight is 384 g/mol. The first-order valence-corrected chi connectivity index (χ1v) is 10.5. The molecule has 2 aromatic rings. The molecule has 0 aromatic heterocycles. The first-order chi connectivity index (χ1) is 13.6. The molecule has 4 rings (SSSR count). The first kappa shape index (κ1) is 19.4. The Balaban J connectivity index is 1.72. The molecule has 0 radical (unpaired) electrons. The zero-order valence-electron chi connectivity index (χ0n) is 16.6. The van der Waals surface area contributed by atoms with Crippen molar-refractivity contribution in [2.24, 2.45) is 5.92 Å². The molecule has 1 aliphatic heterocycles. The number of piperidine rings is 1. The summed E-state index contributed by atoms with van der Waals surface area (Å²) in [4.78, 5) is 2.41. The maximum atomic E-state index is 13.8. The molecular formula is C24H30FNO2. The summed E-state index contributed by atoms with van der Waals surface area (Å²) in [7, 11) is 0. The number of benzene rings is 2. The largest absolute Gasteiger partial charge is 0.494 e. The molecule has 0 amide bonds. The third-order valence-electron chi connectivity index (χ3n) is 6.48. The zero-order valence-corrected chi connectivity index (χ0v) is 16.6. The van der Waals surface area contributed by atoms with Crippen molar-refractivity contribution in [1.82, 2.24) is 4.90 Å². The lowest BCUT2D eigenvalue weighted by molar-refractivity contribution is -0.126. The molecule has 1 aliphatic carbocycles. The Morgan fingerprint density at radius 3 is 2.82 bits per heavy atom. The van der Waals surface area contributed by atoms with E-state index in [0.29, 0.717) is 13.2 Å². The van der Waals surface area contributed by atoms with E-state index >= 15 is 0 Å². The Hall–Kier alpha value is -1.91. The molecule has 2 aromatic carbocycles. The van der Waals surface area contributed by atoms with E-state index in [9.17, 15) is 9.50 Å². The molecule has 1 saturated heterocycles. The number of hydrogen-bond acceptors (Lipinski definition) is 3. The van der Waals surface area contributed by atoms with Crippen LogP contribution >= 0.6 is 0 Å². The van der Waals surface area contributed by atoms with Gasteiger partial charge in [-0.05, 0) is 49.9 Å². The van der Waals surface area contributed by atoms with Crippen LogP contribution in [0.5, 0.6) is 5.75 Å². The molecule has 1 heterocycles. The van der Waals surface area contributed by atoms with Crippen LogP contribution in [0.1, 0.15) is 56.2 Å². The second-order valence-corrected chi connectivity index (χ2v) is 8.22. The van der Waals surface area contributed by atoms with Gasteiger partial charge in [-0.3, -0.25) is 4.90 Å². The van der Waals surface area contributed by atoms with Crippen LogP contribution in [0.3, 0.4) is 0 Å². The van der Waals surface area contributed by atoms with Crippen LogP contribution < -0.4 is 4.74 Å². The quantitative estimate of drug-likeness (QED) is 0.780. The topological polar surface area (TPSA) is 32.7 Å². The molecular weight excluding hydrogens is 353 g/mol. The number of para-hydroxylation sites is 1. The standard InChI is InChI=1S/C24H30FNO2/c1-2-28-22-12-4-3-10-20(22)23-21-11-5-6-13-24(21,27)14-15-26(23)17-18-8-7-9-19(25)16-18/h3-4,7-10,12,16,21,23,27H,2,5-6,11,13-15,17H2,1H3/t21-,23-,24+/m1/s1. The van der Waals surface area contributed by atoms with Gasteiger partial charge in [0.15, 0.2) is 0 Å². The zero-order chi connectivity index (χ0) is 19.6. The summed E-state index contributed by atoms with van der Waals surface area (Å²) < 4.78 is 19.7. The highest BCUT2D eigenvalue weighted by Crippen LogP contribution is 2.51. The average Bonchev–Trinajstić information content (AvgIpc) is 2.69. The Morgan fingerprint density at radius 2 is 2.00 bits per heavy atom. The summed E-state index contributed by atoms with van der Waals surface area (Å²) in [5, 5.41) is 11.4. The van der Waals surface area contributed by atoms with Gasteiger partial charge in [-0.15, -0.1) is 0 Å². The highest BCUT2D eigenvalue weighted by Gasteiger charge is 2.49. The highest BCUT2D eigenvalue weighted by molar-refractivity contribution is 5.37. The Labute approximate surface area is 167 Å². The smallest absolute Gasteiger partial charge is 0.124 e. The number of likely N-dealkylation sites (tertiary alicyclic amines) is 1. The maximum absolute atomic E-state index is 13.8. The van der Waals surface area contributed by atoms with Gasteiger partial charge in [0.2, 0.25) is 0 Å². The summed E-state index contributed by atoms with van der Waals surface area (Å²) >= 11 is 0. The number of hydrogen-bond donors (Lipinski definition) is 1. The van der Waals surface area contributed by atoms with Crippen LogP contribution in [0.15, 0.2) is 48.5 Å². The molecule has 28 heavy (non-hydrogen) atoms. The van der Waals surface area contributed by atoms with Crippen molar-refractivity contribution >= 4 is 0 Å². The number of rotatable bonds is 5. The molecule has 1 saturated carbocycles. The van der Waals surface area contributed by atoms with Crippen LogP contribution in [-0.4, -0.2) is 28.8 Å². The SMILES string of the molecule is CCOc1ccccc1[C@@H]1[C@H]2CCCC[C@]2(O)CCN1Cc1cccc(F)c1. The second kappa shape index (κ2) is 8.22. The molecule has 1 N–H and O–H groups in total. The van der Waals surface area contributed by atoms with Gasteiger partial charge in [-0.2, -0.15) is 0 Å². The van der Waals surface area contributed by atoms with Crippen LogP contribution in [0, 0.1) is 11.7 Å². The van der Waals surface area contributed by atoms with Gasteiger partial charge in [0.05, 0.1) is 12.2 Å². The van der Waals surface area contributed by atoms with Crippen molar-refractivity contribution < 1.29 is 14.2 Å². The van der Waals surface area contributed by atoms with Crippen LogP contribution in [0.2, 0.25) is 0 Å². The predicted molar refractivity (Wildman–Crippen MR) is 109 cm³/mol. The lowest BCUT2D eigenvalue weighted by atomic mass is 9.66. The van der Waals surface area contributed by atoms with E-state index in [2.05, 4.69) is 17.0 Å². The lowest BCUT2D eigenvalue weighted by Gasteiger charge is -2.53. The van der Waals surface area contributed by atoms with Gasteiger partial charge in [0, 0.05) is 30.6 Å². The Bertz CT molecular complexity index is 811. The fraction of sp³-hybridized carbons (Fsp3) is 0.500. The summed E-state index contributed by atoms with van der Waals surface area (Å²) in [5.41, 5.74) is 1.51. The third kappa shape index (κ3) is 3.81. The number of halogens is 1. The number of aliphatic hydroxyl groups is 1. The molecule has 0 unspecified atom stereocenters. The van der Waals surface area contributed by atoms with Crippen LogP contribution in [-0.2, 0) is 6.54 Å².